The van der Waals surface area contributed by atoms with E-state index in [1.165, 1.54) is 24.3 Å². The summed E-state index contributed by atoms with van der Waals surface area (Å²) in [4.78, 5) is 48.9. The van der Waals surface area contributed by atoms with Crippen molar-refractivity contribution in [2.45, 2.75) is 18.6 Å². The van der Waals surface area contributed by atoms with Gasteiger partial charge in [-0.15, -0.1) is 0 Å². The number of thioether (sulfide) groups is 1. The van der Waals surface area contributed by atoms with Crippen LogP contribution in [-0.2, 0) is 9.59 Å². The zero-order valence-corrected chi connectivity index (χ0v) is 14.1. The average Bonchev–Trinajstić information content (AvgIpc) is 2.75. The lowest BCUT2D eigenvalue weighted by Gasteiger charge is -2.16. The van der Waals surface area contributed by atoms with E-state index in [-0.39, 0.29) is 11.1 Å². The highest BCUT2D eigenvalue weighted by molar-refractivity contribution is 8.16. The Kier molecular flexibility index (Phi) is 4.89. The van der Waals surface area contributed by atoms with Crippen LogP contribution in [0.3, 0.4) is 0 Å². The summed E-state index contributed by atoms with van der Waals surface area (Å²) in [7, 11) is 0. The predicted octanol–water partition coefficient (Wildman–Crippen LogP) is 2.92. The van der Waals surface area contributed by atoms with Gasteiger partial charge in [-0.1, -0.05) is 54.3 Å². The molecule has 1 aromatic rings. The first-order valence-electron chi connectivity index (χ1n) is 7.17. The highest BCUT2D eigenvalue weighted by Crippen LogP contribution is 2.42. The number of rotatable bonds is 5. The van der Waals surface area contributed by atoms with Crippen LogP contribution in [0.1, 0.15) is 34.6 Å². The van der Waals surface area contributed by atoms with Crippen LogP contribution in [0.2, 0.25) is 0 Å². The summed E-state index contributed by atoms with van der Waals surface area (Å²) >= 11 is 0.784. The molecule has 124 valence electrons. The number of aromatic carboxylic acids is 1. The number of ketones is 2. The standard InChI is InChI=1S/C18H16O5S/c1-4-10(2)9-18(3)15(20)13(17(23)24-18)14(19)11-7-5-6-8-12(11)16(21)22/h4-9,13H,1H2,2-3H3,(H,21,22)/t13?,18-/m1/s1. The minimum Gasteiger partial charge on any atom is -0.478 e. The Hall–Kier alpha value is -2.47. The van der Waals surface area contributed by atoms with Crippen molar-refractivity contribution in [3.05, 3.63) is 59.7 Å². The van der Waals surface area contributed by atoms with Gasteiger partial charge in [-0.3, -0.25) is 14.4 Å². The van der Waals surface area contributed by atoms with E-state index in [1.807, 2.05) is 0 Å². The predicted molar refractivity (Wildman–Crippen MR) is 91.2 cm³/mol. The van der Waals surface area contributed by atoms with Crippen molar-refractivity contribution in [3.8, 4) is 0 Å². The van der Waals surface area contributed by atoms with Crippen LogP contribution < -0.4 is 0 Å². The van der Waals surface area contributed by atoms with Gasteiger partial charge in [0.05, 0.1) is 10.3 Å². The van der Waals surface area contributed by atoms with Crippen LogP contribution >= 0.6 is 11.8 Å². The van der Waals surface area contributed by atoms with Gasteiger partial charge in [-0.25, -0.2) is 4.79 Å². The maximum Gasteiger partial charge on any atom is 0.336 e. The topological polar surface area (TPSA) is 88.5 Å². The molecule has 1 unspecified atom stereocenters. The molecule has 1 aromatic carbocycles. The molecule has 1 fully saturated rings. The number of carbonyl (C=O) groups excluding carboxylic acids is 3. The molecule has 0 spiro atoms. The van der Waals surface area contributed by atoms with Crippen molar-refractivity contribution < 1.29 is 24.3 Å². The van der Waals surface area contributed by atoms with E-state index in [2.05, 4.69) is 6.58 Å². The lowest BCUT2D eigenvalue weighted by atomic mass is 9.86. The summed E-state index contributed by atoms with van der Waals surface area (Å²) in [6.45, 7) is 6.92. The van der Waals surface area contributed by atoms with Gasteiger partial charge in [0.15, 0.2) is 17.5 Å². The second kappa shape index (κ2) is 6.57. The van der Waals surface area contributed by atoms with Gasteiger partial charge in [0, 0.05) is 5.56 Å². The molecule has 0 bridgehead atoms. The number of carboxylic acid groups (broad SMARTS) is 1. The lowest BCUT2D eigenvalue weighted by molar-refractivity contribution is -0.125. The molecule has 0 radical (unpaired) electrons. The smallest absolute Gasteiger partial charge is 0.336 e. The number of hydrogen-bond donors (Lipinski definition) is 1. The molecular formula is C18H16O5S. The molecule has 2 rings (SSSR count). The Bertz CT molecular complexity index is 792. The maximum atomic E-state index is 12.7. The molecule has 24 heavy (non-hydrogen) atoms. The van der Waals surface area contributed by atoms with Gasteiger partial charge in [0.1, 0.15) is 0 Å². The van der Waals surface area contributed by atoms with Gasteiger partial charge in [0.2, 0.25) is 5.12 Å². The molecule has 1 heterocycles. The molecule has 0 saturated carbocycles. The van der Waals surface area contributed by atoms with E-state index in [1.54, 1.807) is 26.0 Å². The zero-order chi connectivity index (χ0) is 18.1. The molecule has 0 aromatic heterocycles. The van der Waals surface area contributed by atoms with Crippen LogP contribution in [0.25, 0.3) is 0 Å². The molecule has 1 aliphatic heterocycles. The van der Waals surface area contributed by atoms with Crippen molar-refractivity contribution in [2.24, 2.45) is 5.92 Å². The molecule has 2 atom stereocenters. The third kappa shape index (κ3) is 3.10. The highest BCUT2D eigenvalue weighted by atomic mass is 32.2. The van der Waals surface area contributed by atoms with E-state index >= 15 is 0 Å². The van der Waals surface area contributed by atoms with E-state index in [9.17, 15) is 24.3 Å². The van der Waals surface area contributed by atoms with E-state index in [0.717, 1.165) is 11.8 Å². The number of Topliss-reactive ketones (excluding diaryl/α,β-unsaturated/α-hetero) is 2. The van der Waals surface area contributed by atoms with Gasteiger partial charge in [-0.2, -0.15) is 0 Å². The maximum absolute atomic E-state index is 12.7. The van der Waals surface area contributed by atoms with E-state index in [4.69, 9.17) is 0 Å². The summed E-state index contributed by atoms with van der Waals surface area (Å²) in [6.07, 6.45) is 3.15. The fraction of sp³-hybridized carbons (Fsp3) is 0.222. The molecule has 6 heteroatoms. The van der Waals surface area contributed by atoms with Crippen molar-refractivity contribution in [2.75, 3.05) is 0 Å². The van der Waals surface area contributed by atoms with Crippen LogP contribution in [0.15, 0.2) is 48.6 Å². The van der Waals surface area contributed by atoms with Crippen LogP contribution in [0.5, 0.6) is 0 Å². The lowest BCUT2D eigenvalue weighted by Crippen LogP contribution is -2.34. The molecule has 0 amide bonds. The molecule has 1 aliphatic rings. The quantitative estimate of drug-likeness (QED) is 0.502. The fourth-order valence-corrected chi connectivity index (χ4v) is 3.78. The number of allylic oxidation sites excluding steroid dienone is 2. The number of hydrogen-bond acceptors (Lipinski definition) is 5. The Labute approximate surface area is 143 Å². The van der Waals surface area contributed by atoms with E-state index < -0.39 is 33.3 Å². The van der Waals surface area contributed by atoms with Gasteiger partial charge >= 0.3 is 5.97 Å². The first kappa shape index (κ1) is 17.9. The number of carbonyl (C=O) groups is 4. The van der Waals surface area contributed by atoms with Gasteiger partial charge in [0.25, 0.3) is 0 Å². The fourth-order valence-electron chi connectivity index (χ4n) is 2.57. The third-order valence-electron chi connectivity index (χ3n) is 3.81. The zero-order valence-electron chi connectivity index (χ0n) is 13.2. The summed E-state index contributed by atoms with van der Waals surface area (Å²) in [5.74, 6) is -4.09. The average molecular weight is 344 g/mol. The van der Waals surface area contributed by atoms with Crippen molar-refractivity contribution in [3.63, 3.8) is 0 Å². The Morgan fingerprint density at radius 3 is 2.38 bits per heavy atom. The molecule has 1 N–H and O–H groups in total. The SMILES string of the molecule is C=CC(C)=C[C@@]1(C)SC(=O)C(C(=O)c2ccccc2C(=O)O)C1=O. The largest absolute Gasteiger partial charge is 0.478 e. The molecule has 5 nitrogen and oxygen atoms in total. The summed E-state index contributed by atoms with van der Waals surface area (Å²) in [5.41, 5.74) is 0.357. The van der Waals surface area contributed by atoms with Gasteiger partial charge in [-0.05, 0) is 19.9 Å². The second-order valence-electron chi connectivity index (χ2n) is 5.63. The number of carboxylic acids is 1. The van der Waals surface area contributed by atoms with Crippen LogP contribution in [-0.4, -0.2) is 32.5 Å². The Morgan fingerprint density at radius 2 is 1.83 bits per heavy atom. The van der Waals surface area contributed by atoms with Crippen molar-refractivity contribution in [1.82, 2.24) is 0 Å². The third-order valence-corrected chi connectivity index (χ3v) is 4.99. The van der Waals surface area contributed by atoms with Crippen molar-refractivity contribution >= 4 is 34.4 Å². The van der Waals surface area contributed by atoms with E-state index in [0.29, 0.717) is 5.57 Å². The molecular weight excluding hydrogens is 328 g/mol. The van der Waals surface area contributed by atoms with Crippen molar-refractivity contribution in [1.29, 1.82) is 0 Å². The first-order chi connectivity index (χ1) is 11.2. The second-order valence-corrected chi connectivity index (χ2v) is 7.09. The molecule has 1 saturated heterocycles. The summed E-state index contributed by atoms with van der Waals surface area (Å²) in [6, 6.07) is 5.57. The first-order valence-corrected chi connectivity index (χ1v) is 7.98. The van der Waals surface area contributed by atoms with Crippen LogP contribution in [0.4, 0.5) is 0 Å². The molecule has 0 aliphatic carbocycles. The highest BCUT2D eigenvalue weighted by Gasteiger charge is 2.53. The van der Waals surface area contributed by atoms with Gasteiger partial charge < -0.3 is 5.11 Å². The minimum atomic E-state index is -1.49. The van der Waals surface area contributed by atoms with Crippen LogP contribution in [0, 0.1) is 5.92 Å². The summed E-state index contributed by atoms with van der Waals surface area (Å²) < 4.78 is -1.16. The Morgan fingerprint density at radius 1 is 1.25 bits per heavy atom. The monoisotopic (exact) mass is 344 g/mol. The minimum absolute atomic E-state index is 0.133. The number of benzene rings is 1. The summed E-state index contributed by atoms with van der Waals surface area (Å²) in [5, 5.41) is 8.63. The Balaban J connectivity index is 2.45. The normalized spacial score (nSPS) is 24.1.